The van der Waals surface area contributed by atoms with E-state index in [-0.39, 0.29) is 11.9 Å². The van der Waals surface area contributed by atoms with Crippen molar-refractivity contribution >= 4 is 23.0 Å². The number of pyridine rings is 1. The number of anilines is 1. The van der Waals surface area contributed by atoms with Crippen molar-refractivity contribution in [2.24, 2.45) is 17.8 Å². The molecule has 8 nitrogen and oxygen atoms in total. The fraction of sp³-hybridized carbons (Fsp3) is 0.552. The van der Waals surface area contributed by atoms with E-state index >= 15 is 0 Å². The zero-order chi connectivity index (χ0) is 25.5. The molecule has 1 unspecified atom stereocenters. The summed E-state index contributed by atoms with van der Waals surface area (Å²) in [7, 11) is 0. The molecule has 3 heterocycles. The maximum atomic E-state index is 11.9. The van der Waals surface area contributed by atoms with Crippen molar-refractivity contribution in [3.05, 3.63) is 42.4 Å². The summed E-state index contributed by atoms with van der Waals surface area (Å²) < 4.78 is 2.22. The highest BCUT2D eigenvalue weighted by Gasteiger charge is 2.30. The van der Waals surface area contributed by atoms with Gasteiger partial charge in [-0.3, -0.25) is 4.98 Å². The second kappa shape index (κ2) is 9.88. The summed E-state index contributed by atoms with van der Waals surface area (Å²) in [6, 6.07) is 4.44. The van der Waals surface area contributed by atoms with Gasteiger partial charge in [-0.25, -0.2) is 19.7 Å². The summed E-state index contributed by atoms with van der Waals surface area (Å²) in [5.74, 6) is 2.21. The normalized spacial score (nSPS) is 22.9. The lowest BCUT2D eigenvalue weighted by Crippen LogP contribution is -2.31. The van der Waals surface area contributed by atoms with Gasteiger partial charge in [0.15, 0.2) is 17.3 Å². The number of rotatable bonds is 9. The molecule has 3 aliphatic carbocycles. The lowest BCUT2D eigenvalue weighted by atomic mass is 9.80. The van der Waals surface area contributed by atoms with Gasteiger partial charge < -0.3 is 15.0 Å². The van der Waals surface area contributed by atoms with Gasteiger partial charge in [-0.2, -0.15) is 0 Å². The minimum atomic E-state index is -1.14. The van der Waals surface area contributed by atoms with Gasteiger partial charge >= 0.3 is 5.97 Å². The van der Waals surface area contributed by atoms with Gasteiger partial charge in [-0.15, -0.1) is 6.58 Å². The molecule has 0 spiro atoms. The van der Waals surface area contributed by atoms with E-state index in [1.165, 1.54) is 37.7 Å². The Labute approximate surface area is 217 Å². The molecule has 0 aromatic carbocycles. The van der Waals surface area contributed by atoms with Gasteiger partial charge in [0.25, 0.3) is 0 Å². The summed E-state index contributed by atoms with van der Waals surface area (Å²) in [6.45, 7) is 6.95. The maximum absolute atomic E-state index is 11.9. The molecule has 3 aliphatic rings. The van der Waals surface area contributed by atoms with Crippen LogP contribution in [-0.2, 0) is 6.54 Å². The fourth-order valence-electron chi connectivity index (χ4n) is 5.98. The fourth-order valence-corrected chi connectivity index (χ4v) is 5.98. The third-order valence-corrected chi connectivity index (χ3v) is 8.74. The van der Waals surface area contributed by atoms with Crippen LogP contribution in [0.15, 0.2) is 31.0 Å². The molecule has 0 bridgehead atoms. The van der Waals surface area contributed by atoms with Crippen LogP contribution >= 0.6 is 0 Å². The Balaban J connectivity index is 1.46. The molecule has 2 N–H and O–H groups in total. The summed E-state index contributed by atoms with van der Waals surface area (Å²) in [6.07, 6.45) is 14.5. The Bertz CT molecular complexity index is 1320. The van der Waals surface area contributed by atoms with Crippen LogP contribution in [-0.4, -0.2) is 41.6 Å². The van der Waals surface area contributed by atoms with Gasteiger partial charge in [-0.1, -0.05) is 12.5 Å². The Morgan fingerprint density at radius 3 is 2.59 bits per heavy atom. The maximum Gasteiger partial charge on any atom is 0.374 e. The number of carbonyl (C=O) groups is 1. The van der Waals surface area contributed by atoms with E-state index in [4.69, 9.17) is 9.97 Å². The van der Waals surface area contributed by atoms with E-state index in [9.17, 15) is 9.90 Å². The molecule has 1 atom stereocenters. The molecular formula is C29H36N6O2. The highest BCUT2D eigenvalue weighted by atomic mass is 16.4. The summed E-state index contributed by atoms with van der Waals surface area (Å²) in [5, 5.41) is 13.3. The zero-order valence-electron chi connectivity index (χ0n) is 21.6. The van der Waals surface area contributed by atoms with Gasteiger partial charge in [0.2, 0.25) is 5.82 Å². The third kappa shape index (κ3) is 4.86. The second-order valence-electron chi connectivity index (χ2n) is 11.3. The molecule has 0 radical (unpaired) electrons. The molecule has 3 saturated carbocycles. The molecule has 6 rings (SSSR count). The molecule has 8 heteroatoms. The lowest BCUT2D eigenvalue weighted by molar-refractivity contribution is 0.0684. The number of carboxylic acid groups (broad SMARTS) is 1. The highest BCUT2D eigenvalue weighted by Crippen LogP contribution is 2.41. The van der Waals surface area contributed by atoms with Crippen molar-refractivity contribution < 1.29 is 9.90 Å². The average Bonchev–Trinajstić information content (AvgIpc) is 3.65. The van der Waals surface area contributed by atoms with E-state index in [2.05, 4.69) is 51.6 Å². The van der Waals surface area contributed by atoms with Crippen molar-refractivity contribution in [1.29, 1.82) is 0 Å². The number of aromatic nitrogens is 5. The number of aromatic carboxylic acids is 1. The topological polar surface area (TPSA) is 106 Å². The average molecular weight is 501 g/mol. The monoisotopic (exact) mass is 500 g/mol. The summed E-state index contributed by atoms with van der Waals surface area (Å²) in [4.78, 5) is 30.5. The van der Waals surface area contributed by atoms with E-state index in [0.29, 0.717) is 35.1 Å². The van der Waals surface area contributed by atoms with Crippen molar-refractivity contribution in [2.75, 3.05) is 5.32 Å². The number of fused-ring (bicyclic) bond motifs is 1. The molecule has 37 heavy (non-hydrogen) atoms. The molecule has 0 aliphatic heterocycles. The zero-order valence-corrected chi connectivity index (χ0v) is 21.6. The Morgan fingerprint density at radius 2 is 1.95 bits per heavy atom. The molecular weight excluding hydrogens is 464 g/mol. The quantitative estimate of drug-likeness (QED) is 0.344. The smallest absolute Gasteiger partial charge is 0.374 e. The standard InChI is InChI=1S/C29H36N6O2/c1-3-18-7-9-19(10-8-18)16-35-24-25(31-17(2)20-5-4-6-20)32-27(29(36)37)33-26(24)34-28(35)23-15-22(13-14-30-23)21-11-12-21/h3,13-15,17-21H,1,4-12,16H2,2H3,(H,36,37)(H,31,32,33). The Hall–Kier alpha value is -3.29. The van der Waals surface area contributed by atoms with Crippen molar-refractivity contribution in [3.63, 3.8) is 0 Å². The minimum Gasteiger partial charge on any atom is -0.475 e. The van der Waals surface area contributed by atoms with Crippen LogP contribution in [0.5, 0.6) is 0 Å². The molecule has 0 saturated heterocycles. The van der Waals surface area contributed by atoms with Crippen LogP contribution in [0.3, 0.4) is 0 Å². The molecule has 3 aromatic heterocycles. The number of hydrogen-bond donors (Lipinski definition) is 2. The van der Waals surface area contributed by atoms with Gasteiger partial charge in [0.1, 0.15) is 11.2 Å². The van der Waals surface area contributed by atoms with E-state index in [1.54, 1.807) is 0 Å². The van der Waals surface area contributed by atoms with Crippen LogP contribution in [0.2, 0.25) is 0 Å². The minimum absolute atomic E-state index is 0.194. The lowest BCUT2D eigenvalue weighted by Gasteiger charge is -2.32. The van der Waals surface area contributed by atoms with Crippen LogP contribution < -0.4 is 5.32 Å². The first-order valence-electron chi connectivity index (χ1n) is 13.9. The third-order valence-electron chi connectivity index (χ3n) is 8.74. The van der Waals surface area contributed by atoms with Crippen LogP contribution in [0.4, 0.5) is 5.82 Å². The first-order valence-corrected chi connectivity index (χ1v) is 13.9. The molecule has 3 fully saturated rings. The first kappa shape index (κ1) is 24.1. The van der Waals surface area contributed by atoms with Crippen molar-refractivity contribution in [1.82, 2.24) is 24.5 Å². The number of nitrogens with zero attached hydrogens (tertiary/aromatic N) is 5. The predicted octanol–water partition coefficient (Wildman–Crippen LogP) is 6.06. The van der Waals surface area contributed by atoms with Gasteiger partial charge in [-0.05, 0) is 99.7 Å². The SMILES string of the molecule is C=CC1CCC(Cn2c(-c3cc(C4CC4)ccn3)nc3nc(C(=O)O)nc(NC(C)C4CCC4)c32)CC1. The summed E-state index contributed by atoms with van der Waals surface area (Å²) >= 11 is 0. The first-order chi connectivity index (χ1) is 18.0. The number of nitrogens with one attached hydrogen (secondary N) is 1. The van der Waals surface area contributed by atoms with Crippen molar-refractivity contribution in [3.8, 4) is 11.5 Å². The molecule has 194 valence electrons. The van der Waals surface area contributed by atoms with Gasteiger partial charge in [0.05, 0.1) is 0 Å². The Morgan fingerprint density at radius 1 is 1.16 bits per heavy atom. The Kier molecular flexibility index (Phi) is 6.42. The predicted molar refractivity (Wildman–Crippen MR) is 144 cm³/mol. The van der Waals surface area contributed by atoms with Crippen LogP contribution in [0.1, 0.15) is 86.8 Å². The summed E-state index contributed by atoms with van der Waals surface area (Å²) in [5.41, 5.74) is 3.32. The van der Waals surface area contributed by atoms with Crippen LogP contribution in [0, 0.1) is 17.8 Å². The largest absolute Gasteiger partial charge is 0.475 e. The van der Waals surface area contributed by atoms with E-state index in [1.807, 2.05) is 6.20 Å². The van der Waals surface area contributed by atoms with E-state index < -0.39 is 5.97 Å². The second-order valence-corrected chi connectivity index (χ2v) is 11.3. The highest BCUT2D eigenvalue weighted by molar-refractivity contribution is 5.92. The van der Waals surface area contributed by atoms with E-state index in [0.717, 1.165) is 49.3 Å². The number of hydrogen-bond acceptors (Lipinski definition) is 6. The van der Waals surface area contributed by atoms with Crippen molar-refractivity contribution in [2.45, 2.75) is 83.2 Å². The van der Waals surface area contributed by atoms with Crippen LogP contribution in [0.25, 0.3) is 22.7 Å². The van der Waals surface area contributed by atoms with Gasteiger partial charge in [0, 0.05) is 18.8 Å². The number of imidazole rings is 1. The molecule has 0 amide bonds. The number of carboxylic acids is 1. The molecule has 3 aromatic rings. The number of allylic oxidation sites excluding steroid dienone is 1.